The summed E-state index contributed by atoms with van der Waals surface area (Å²) in [4.78, 5) is 26.1. The van der Waals surface area contributed by atoms with Gasteiger partial charge in [-0.05, 0) is 47.4 Å². The maximum Gasteiger partial charge on any atom is 0.264 e. The lowest BCUT2D eigenvalue weighted by molar-refractivity contribution is -0.145. The minimum atomic E-state index is -0.982. The third-order valence-corrected chi connectivity index (χ3v) is 5.83. The molecule has 9 heteroatoms. The SMILES string of the molecule is CN(C(=O)[C@H](Cc1ccccc1)NC(=O)CCc1ccc(F)c(F)c1)N(C#N)Cc1ccc(Cl)cc1. The van der Waals surface area contributed by atoms with Gasteiger partial charge in [-0.3, -0.25) is 9.59 Å². The monoisotopic (exact) mass is 510 g/mol. The summed E-state index contributed by atoms with van der Waals surface area (Å²) in [6.45, 7) is 0.137. The fraction of sp³-hybridized carbons (Fsp3) is 0.222. The van der Waals surface area contributed by atoms with Crippen LogP contribution < -0.4 is 5.32 Å². The van der Waals surface area contributed by atoms with Gasteiger partial charge in [-0.1, -0.05) is 60.1 Å². The van der Waals surface area contributed by atoms with Crippen LogP contribution in [0.3, 0.4) is 0 Å². The Labute approximate surface area is 213 Å². The lowest BCUT2D eigenvalue weighted by atomic mass is 10.0. The summed E-state index contributed by atoms with van der Waals surface area (Å²) >= 11 is 5.92. The van der Waals surface area contributed by atoms with E-state index in [1.54, 1.807) is 24.3 Å². The molecule has 3 aromatic rings. The van der Waals surface area contributed by atoms with Crippen LogP contribution in [-0.2, 0) is 29.0 Å². The maximum absolute atomic E-state index is 13.5. The Morgan fingerprint density at radius 1 is 0.972 bits per heavy atom. The van der Waals surface area contributed by atoms with Crippen molar-refractivity contribution >= 4 is 23.4 Å². The zero-order valence-electron chi connectivity index (χ0n) is 19.6. The predicted molar refractivity (Wildman–Crippen MR) is 132 cm³/mol. The molecular weight excluding hydrogens is 486 g/mol. The molecule has 3 rings (SSSR count). The van der Waals surface area contributed by atoms with Crippen LogP contribution in [0.25, 0.3) is 0 Å². The molecule has 1 atom stereocenters. The first kappa shape index (κ1) is 26.6. The lowest BCUT2D eigenvalue weighted by Gasteiger charge is -2.30. The lowest BCUT2D eigenvalue weighted by Crippen LogP contribution is -2.52. The molecule has 186 valence electrons. The third-order valence-electron chi connectivity index (χ3n) is 5.58. The number of nitriles is 1. The molecule has 1 N–H and O–H groups in total. The van der Waals surface area contributed by atoms with Gasteiger partial charge in [-0.15, -0.1) is 0 Å². The number of benzene rings is 3. The Morgan fingerprint density at radius 2 is 1.64 bits per heavy atom. The van der Waals surface area contributed by atoms with Crippen LogP contribution in [0.2, 0.25) is 5.02 Å². The topological polar surface area (TPSA) is 76.4 Å². The van der Waals surface area contributed by atoms with Crippen molar-refractivity contribution in [3.05, 3.63) is 106 Å². The molecule has 0 aromatic heterocycles. The molecular formula is C27H25ClF2N4O2. The van der Waals surface area contributed by atoms with E-state index in [0.29, 0.717) is 10.6 Å². The number of likely N-dealkylation sites (N-methyl/N-ethyl adjacent to an activating group) is 1. The van der Waals surface area contributed by atoms with Crippen LogP contribution in [0.1, 0.15) is 23.1 Å². The largest absolute Gasteiger partial charge is 0.344 e. The molecule has 36 heavy (non-hydrogen) atoms. The summed E-state index contributed by atoms with van der Waals surface area (Å²) in [6.07, 6.45) is 2.36. The average Bonchev–Trinajstić information content (AvgIpc) is 2.88. The smallest absolute Gasteiger partial charge is 0.264 e. The number of nitrogens with one attached hydrogen (secondary N) is 1. The summed E-state index contributed by atoms with van der Waals surface area (Å²) in [5.74, 6) is -2.84. The zero-order valence-corrected chi connectivity index (χ0v) is 20.4. The normalized spacial score (nSPS) is 11.3. The highest BCUT2D eigenvalue weighted by Gasteiger charge is 2.27. The minimum Gasteiger partial charge on any atom is -0.344 e. The van der Waals surface area contributed by atoms with E-state index in [1.807, 2.05) is 36.5 Å². The number of carbonyl (C=O) groups is 2. The number of carbonyl (C=O) groups excluding carboxylic acids is 2. The second-order valence-electron chi connectivity index (χ2n) is 8.20. The second kappa shape index (κ2) is 12.7. The molecule has 0 fully saturated rings. The van der Waals surface area contributed by atoms with E-state index in [4.69, 9.17) is 11.6 Å². The van der Waals surface area contributed by atoms with Crippen LogP contribution in [-0.4, -0.2) is 34.9 Å². The van der Waals surface area contributed by atoms with Crippen molar-refractivity contribution in [2.45, 2.75) is 31.8 Å². The van der Waals surface area contributed by atoms with Gasteiger partial charge in [0.1, 0.15) is 6.04 Å². The van der Waals surface area contributed by atoms with Gasteiger partial charge in [0.15, 0.2) is 17.8 Å². The van der Waals surface area contributed by atoms with Crippen LogP contribution in [0.15, 0.2) is 72.8 Å². The highest BCUT2D eigenvalue weighted by molar-refractivity contribution is 6.30. The van der Waals surface area contributed by atoms with E-state index in [1.165, 1.54) is 23.1 Å². The van der Waals surface area contributed by atoms with Gasteiger partial charge in [-0.2, -0.15) is 5.26 Å². The molecule has 0 unspecified atom stereocenters. The molecule has 0 spiro atoms. The predicted octanol–water partition coefficient (Wildman–Crippen LogP) is 4.63. The van der Waals surface area contributed by atoms with Crippen molar-refractivity contribution in [3.8, 4) is 6.19 Å². The fourth-order valence-corrected chi connectivity index (χ4v) is 3.71. The van der Waals surface area contributed by atoms with E-state index in [-0.39, 0.29) is 25.8 Å². The van der Waals surface area contributed by atoms with Crippen LogP contribution in [0.5, 0.6) is 0 Å². The molecule has 0 aliphatic heterocycles. The zero-order chi connectivity index (χ0) is 26.1. The molecule has 0 saturated carbocycles. The van der Waals surface area contributed by atoms with Gasteiger partial charge in [0.25, 0.3) is 5.91 Å². The molecule has 0 aliphatic carbocycles. The van der Waals surface area contributed by atoms with Crippen molar-refractivity contribution in [1.29, 1.82) is 5.26 Å². The maximum atomic E-state index is 13.5. The quantitative estimate of drug-likeness (QED) is 0.245. The summed E-state index contributed by atoms with van der Waals surface area (Å²) in [5, 5.41) is 15.3. The van der Waals surface area contributed by atoms with Crippen molar-refractivity contribution in [2.24, 2.45) is 0 Å². The number of nitrogens with zero attached hydrogens (tertiary/aromatic N) is 3. The first-order valence-electron chi connectivity index (χ1n) is 11.2. The summed E-state index contributed by atoms with van der Waals surface area (Å²) < 4.78 is 26.6. The Bertz CT molecular complexity index is 1230. The molecule has 0 bridgehead atoms. The number of rotatable bonds is 10. The fourth-order valence-electron chi connectivity index (χ4n) is 3.59. The van der Waals surface area contributed by atoms with Gasteiger partial charge < -0.3 is 5.32 Å². The number of halogens is 3. The molecule has 0 radical (unpaired) electrons. The first-order chi connectivity index (χ1) is 17.3. The average molecular weight is 511 g/mol. The Hall–Kier alpha value is -3.96. The van der Waals surface area contributed by atoms with E-state index in [9.17, 15) is 23.6 Å². The molecule has 6 nitrogen and oxygen atoms in total. The molecule has 0 heterocycles. The summed E-state index contributed by atoms with van der Waals surface area (Å²) in [7, 11) is 1.47. The van der Waals surface area contributed by atoms with E-state index >= 15 is 0 Å². The first-order valence-corrected chi connectivity index (χ1v) is 11.6. The Balaban J connectivity index is 1.71. The summed E-state index contributed by atoms with van der Waals surface area (Å²) in [6, 6.07) is 18.6. The minimum absolute atomic E-state index is 0.0277. The standard InChI is InChI=1S/C27H25ClF2N4O2/c1-33(34(18-31)17-21-7-11-22(28)12-8-21)27(36)25(16-19-5-3-2-4-6-19)32-26(35)14-10-20-9-13-23(29)24(30)15-20/h2-9,11-13,15,25H,10,14,16-17H2,1H3,(H,32,35)/t25-/m0/s1. The van der Waals surface area contributed by atoms with Crippen molar-refractivity contribution in [3.63, 3.8) is 0 Å². The highest BCUT2D eigenvalue weighted by atomic mass is 35.5. The number of amides is 2. The van der Waals surface area contributed by atoms with Crippen molar-refractivity contribution < 1.29 is 18.4 Å². The van der Waals surface area contributed by atoms with Crippen LogP contribution in [0, 0.1) is 23.1 Å². The third kappa shape index (κ3) is 7.52. The number of hydrogen-bond acceptors (Lipinski definition) is 4. The van der Waals surface area contributed by atoms with Gasteiger partial charge in [0, 0.05) is 24.9 Å². The number of hydrazine groups is 1. The molecule has 0 aliphatic rings. The van der Waals surface area contributed by atoms with E-state index < -0.39 is 29.5 Å². The number of hydrogen-bond donors (Lipinski definition) is 1. The van der Waals surface area contributed by atoms with E-state index in [0.717, 1.165) is 23.3 Å². The molecule has 2 amide bonds. The van der Waals surface area contributed by atoms with Crippen LogP contribution >= 0.6 is 11.6 Å². The van der Waals surface area contributed by atoms with Crippen molar-refractivity contribution in [2.75, 3.05) is 7.05 Å². The highest BCUT2D eigenvalue weighted by Crippen LogP contribution is 2.14. The Kier molecular flexibility index (Phi) is 9.37. The Morgan fingerprint density at radius 3 is 2.28 bits per heavy atom. The molecule has 3 aromatic carbocycles. The summed E-state index contributed by atoms with van der Waals surface area (Å²) in [5.41, 5.74) is 2.06. The van der Waals surface area contributed by atoms with Gasteiger partial charge in [0.2, 0.25) is 5.91 Å². The van der Waals surface area contributed by atoms with E-state index in [2.05, 4.69) is 5.32 Å². The molecule has 0 saturated heterocycles. The van der Waals surface area contributed by atoms with Gasteiger partial charge in [0.05, 0.1) is 6.54 Å². The van der Waals surface area contributed by atoms with Crippen LogP contribution in [0.4, 0.5) is 8.78 Å². The number of aryl methyl sites for hydroxylation is 1. The second-order valence-corrected chi connectivity index (χ2v) is 8.64. The van der Waals surface area contributed by atoms with Gasteiger partial charge in [-0.25, -0.2) is 18.8 Å². The van der Waals surface area contributed by atoms with Crippen molar-refractivity contribution in [1.82, 2.24) is 15.3 Å². The van der Waals surface area contributed by atoms with Gasteiger partial charge >= 0.3 is 0 Å².